The maximum Gasteiger partial charge on any atom is 0.337 e. The second kappa shape index (κ2) is 7.50. The molecule has 0 saturated heterocycles. The molecule has 146 valence electrons. The standard InChI is InChI=1S/C19H15FN6O3/c1-29-19-24-16-13(17(27)28)6-3-7-14(16)26(19)18-23-15(10-22-25-18)21-9-11-4-2-5-12(20)8-11/h2-8,10H,9H2,1H3,(H,27,28)(H,21,23,25). The quantitative estimate of drug-likeness (QED) is 0.513. The lowest BCUT2D eigenvalue weighted by molar-refractivity contribution is 0.0699. The zero-order valence-corrected chi connectivity index (χ0v) is 15.2. The SMILES string of the molecule is COc1nc2c(C(=O)O)cccc2n1-c1nncc(NCc2cccc(F)c2)n1. The number of imidazole rings is 1. The van der Waals surface area contributed by atoms with E-state index in [-0.39, 0.29) is 28.9 Å². The van der Waals surface area contributed by atoms with Crippen LogP contribution in [0.5, 0.6) is 6.01 Å². The number of benzene rings is 2. The van der Waals surface area contributed by atoms with Crippen LogP contribution in [0.3, 0.4) is 0 Å². The molecule has 0 spiro atoms. The van der Waals surface area contributed by atoms with E-state index in [4.69, 9.17) is 4.74 Å². The number of para-hydroxylation sites is 1. The number of hydrogen-bond acceptors (Lipinski definition) is 7. The molecule has 2 heterocycles. The highest BCUT2D eigenvalue weighted by atomic mass is 19.1. The van der Waals surface area contributed by atoms with Crippen LogP contribution < -0.4 is 10.1 Å². The van der Waals surface area contributed by atoms with E-state index in [0.717, 1.165) is 5.56 Å². The molecule has 0 atom stereocenters. The monoisotopic (exact) mass is 394 g/mol. The van der Waals surface area contributed by atoms with Crippen LogP contribution in [-0.4, -0.2) is 42.9 Å². The Balaban J connectivity index is 1.72. The van der Waals surface area contributed by atoms with Gasteiger partial charge in [0.15, 0.2) is 5.82 Å². The molecule has 4 rings (SSSR count). The van der Waals surface area contributed by atoms with Crippen molar-refractivity contribution in [3.05, 3.63) is 65.6 Å². The van der Waals surface area contributed by atoms with Crippen LogP contribution in [0.15, 0.2) is 48.7 Å². The molecular weight excluding hydrogens is 379 g/mol. The summed E-state index contributed by atoms with van der Waals surface area (Å²) in [6.07, 6.45) is 1.43. The summed E-state index contributed by atoms with van der Waals surface area (Å²) in [6.45, 7) is 0.334. The number of fused-ring (bicyclic) bond motifs is 1. The maximum absolute atomic E-state index is 13.3. The molecule has 4 aromatic rings. The number of aromatic carboxylic acids is 1. The summed E-state index contributed by atoms with van der Waals surface area (Å²) in [5.74, 6) is -0.879. The molecule has 0 aliphatic heterocycles. The highest BCUT2D eigenvalue weighted by Gasteiger charge is 2.20. The summed E-state index contributed by atoms with van der Waals surface area (Å²) in [6, 6.07) is 11.1. The van der Waals surface area contributed by atoms with E-state index in [1.165, 1.54) is 36.1 Å². The first kappa shape index (κ1) is 18.3. The number of hydrogen-bond donors (Lipinski definition) is 2. The van der Waals surface area contributed by atoms with Crippen LogP contribution in [0.4, 0.5) is 10.2 Å². The normalized spacial score (nSPS) is 10.8. The number of anilines is 1. The van der Waals surface area contributed by atoms with Gasteiger partial charge in [-0.15, -0.1) is 5.10 Å². The van der Waals surface area contributed by atoms with Crippen LogP contribution in [0.25, 0.3) is 17.0 Å². The molecule has 10 heteroatoms. The third kappa shape index (κ3) is 3.55. The summed E-state index contributed by atoms with van der Waals surface area (Å²) in [5.41, 5.74) is 1.49. The van der Waals surface area contributed by atoms with Crippen LogP contribution in [-0.2, 0) is 6.54 Å². The van der Waals surface area contributed by atoms with Gasteiger partial charge < -0.3 is 15.2 Å². The zero-order chi connectivity index (χ0) is 20.4. The maximum atomic E-state index is 13.3. The van der Waals surface area contributed by atoms with Gasteiger partial charge in [0.1, 0.15) is 11.3 Å². The number of methoxy groups -OCH3 is 1. The Kier molecular flexibility index (Phi) is 4.73. The van der Waals surface area contributed by atoms with E-state index in [1.54, 1.807) is 24.3 Å². The van der Waals surface area contributed by atoms with Gasteiger partial charge in [0.2, 0.25) is 0 Å². The lowest BCUT2D eigenvalue weighted by atomic mass is 10.2. The number of rotatable bonds is 6. The molecule has 2 aromatic carbocycles. The van der Waals surface area contributed by atoms with Crippen molar-refractivity contribution in [1.82, 2.24) is 24.7 Å². The fourth-order valence-corrected chi connectivity index (χ4v) is 2.89. The highest BCUT2D eigenvalue weighted by molar-refractivity contribution is 6.01. The van der Waals surface area contributed by atoms with Crippen LogP contribution in [0.2, 0.25) is 0 Å². The van der Waals surface area contributed by atoms with Gasteiger partial charge in [0.25, 0.3) is 5.95 Å². The number of carboxylic acid groups (broad SMARTS) is 1. The molecule has 0 amide bonds. The number of halogens is 1. The first-order valence-corrected chi connectivity index (χ1v) is 8.54. The van der Waals surface area contributed by atoms with Crippen molar-refractivity contribution in [1.29, 1.82) is 0 Å². The average molecular weight is 394 g/mol. The highest BCUT2D eigenvalue weighted by Crippen LogP contribution is 2.27. The molecule has 0 aliphatic carbocycles. The summed E-state index contributed by atoms with van der Waals surface area (Å²) in [7, 11) is 1.41. The third-order valence-electron chi connectivity index (χ3n) is 4.18. The molecule has 0 radical (unpaired) electrons. The molecule has 0 bridgehead atoms. The van der Waals surface area contributed by atoms with Gasteiger partial charge >= 0.3 is 12.0 Å². The Labute approximate surface area is 163 Å². The second-order valence-electron chi connectivity index (χ2n) is 6.04. The van der Waals surface area contributed by atoms with Crippen LogP contribution >= 0.6 is 0 Å². The van der Waals surface area contributed by atoms with Crippen molar-refractivity contribution in [2.45, 2.75) is 6.54 Å². The lowest BCUT2D eigenvalue weighted by Crippen LogP contribution is -2.09. The van der Waals surface area contributed by atoms with Crippen LogP contribution in [0, 0.1) is 5.82 Å². The minimum absolute atomic E-state index is 0.0351. The fraction of sp³-hybridized carbons (Fsp3) is 0.105. The predicted molar refractivity (Wildman–Crippen MR) is 102 cm³/mol. The van der Waals surface area contributed by atoms with E-state index >= 15 is 0 Å². The first-order valence-electron chi connectivity index (χ1n) is 8.54. The Hall–Kier alpha value is -4.08. The molecular formula is C19H15FN6O3. The number of nitrogens with zero attached hydrogens (tertiary/aromatic N) is 5. The molecule has 0 saturated carbocycles. The van der Waals surface area contributed by atoms with Crippen molar-refractivity contribution in [2.24, 2.45) is 0 Å². The van der Waals surface area contributed by atoms with E-state index < -0.39 is 5.97 Å². The lowest BCUT2D eigenvalue weighted by Gasteiger charge is -2.09. The first-order chi connectivity index (χ1) is 14.1. The topological polar surface area (TPSA) is 115 Å². The van der Waals surface area contributed by atoms with Gasteiger partial charge in [-0.3, -0.25) is 0 Å². The predicted octanol–water partition coefficient (Wildman–Crippen LogP) is 2.67. The Morgan fingerprint density at radius 2 is 2.07 bits per heavy atom. The third-order valence-corrected chi connectivity index (χ3v) is 4.18. The summed E-state index contributed by atoms with van der Waals surface area (Å²) >= 11 is 0. The van der Waals surface area contributed by atoms with Crippen molar-refractivity contribution in [3.63, 3.8) is 0 Å². The van der Waals surface area contributed by atoms with E-state index in [9.17, 15) is 14.3 Å². The molecule has 2 aromatic heterocycles. The largest absolute Gasteiger partial charge is 0.478 e. The number of nitrogens with one attached hydrogen (secondary N) is 1. The Bertz CT molecular complexity index is 1210. The van der Waals surface area contributed by atoms with Gasteiger partial charge in [-0.25, -0.2) is 13.8 Å². The average Bonchev–Trinajstić information content (AvgIpc) is 3.11. The minimum atomic E-state index is -1.10. The van der Waals surface area contributed by atoms with Crippen molar-refractivity contribution in [2.75, 3.05) is 12.4 Å². The molecule has 0 aliphatic rings. The van der Waals surface area contributed by atoms with Gasteiger partial charge in [0.05, 0.1) is 24.4 Å². The Morgan fingerprint density at radius 3 is 2.83 bits per heavy atom. The summed E-state index contributed by atoms with van der Waals surface area (Å²) in [4.78, 5) is 20.1. The molecule has 2 N–H and O–H groups in total. The summed E-state index contributed by atoms with van der Waals surface area (Å²) in [5, 5.41) is 20.4. The number of aromatic nitrogens is 5. The van der Waals surface area contributed by atoms with Gasteiger partial charge in [0, 0.05) is 6.54 Å². The second-order valence-corrected chi connectivity index (χ2v) is 6.04. The molecule has 0 unspecified atom stereocenters. The van der Waals surface area contributed by atoms with Crippen molar-refractivity contribution in [3.8, 4) is 12.0 Å². The van der Waals surface area contributed by atoms with Gasteiger partial charge in [-0.2, -0.15) is 15.1 Å². The van der Waals surface area contributed by atoms with E-state index in [1.807, 2.05) is 0 Å². The van der Waals surface area contributed by atoms with Gasteiger partial charge in [-0.05, 0) is 29.8 Å². The van der Waals surface area contributed by atoms with E-state index in [2.05, 4.69) is 25.5 Å². The molecule has 9 nitrogen and oxygen atoms in total. The van der Waals surface area contributed by atoms with Crippen LogP contribution in [0.1, 0.15) is 15.9 Å². The number of carbonyl (C=O) groups is 1. The number of ether oxygens (including phenoxy) is 1. The zero-order valence-electron chi connectivity index (χ0n) is 15.2. The smallest absolute Gasteiger partial charge is 0.337 e. The van der Waals surface area contributed by atoms with Crippen molar-refractivity contribution >= 4 is 22.8 Å². The fourth-order valence-electron chi connectivity index (χ4n) is 2.89. The Morgan fingerprint density at radius 1 is 1.24 bits per heavy atom. The molecule has 0 fully saturated rings. The van der Waals surface area contributed by atoms with E-state index in [0.29, 0.717) is 17.9 Å². The van der Waals surface area contributed by atoms with Gasteiger partial charge in [-0.1, -0.05) is 18.2 Å². The number of carboxylic acids is 1. The minimum Gasteiger partial charge on any atom is -0.478 e. The summed E-state index contributed by atoms with van der Waals surface area (Å²) < 4.78 is 20.1. The molecule has 29 heavy (non-hydrogen) atoms. The van der Waals surface area contributed by atoms with Crippen molar-refractivity contribution < 1.29 is 19.0 Å².